The Labute approximate surface area is 126 Å². The van der Waals surface area contributed by atoms with Crippen molar-refractivity contribution < 1.29 is 4.74 Å². The lowest BCUT2D eigenvalue weighted by Crippen LogP contribution is -2.31. The molecule has 2 aromatic carbocycles. The molecule has 0 N–H and O–H groups in total. The first-order valence-corrected chi connectivity index (χ1v) is 7.76. The van der Waals surface area contributed by atoms with E-state index in [9.17, 15) is 0 Å². The average molecular weight is 284 g/mol. The summed E-state index contributed by atoms with van der Waals surface area (Å²) in [6.45, 7) is 0.754. The molecule has 0 aliphatic carbocycles. The van der Waals surface area contributed by atoms with E-state index in [0.29, 0.717) is 11.2 Å². The molecule has 0 aromatic heterocycles. The van der Waals surface area contributed by atoms with Gasteiger partial charge in [0.1, 0.15) is 0 Å². The minimum atomic E-state index is 0.253. The van der Waals surface area contributed by atoms with Gasteiger partial charge < -0.3 is 4.74 Å². The fourth-order valence-electron chi connectivity index (χ4n) is 2.96. The van der Waals surface area contributed by atoms with E-state index in [1.807, 2.05) is 0 Å². The van der Waals surface area contributed by atoms with Gasteiger partial charge in [0, 0.05) is 11.2 Å². The van der Waals surface area contributed by atoms with Gasteiger partial charge in [-0.2, -0.15) is 12.6 Å². The monoisotopic (exact) mass is 284 g/mol. The molecule has 2 heteroatoms. The molecule has 1 heterocycles. The average Bonchev–Trinajstić information content (AvgIpc) is 2.52. The lowest BCUT2D eigenvalue weighted by atomic mass is 9.83. The first-order chi connectivity index (χ1) is 9.84. The van der Waals surface area contributed by atoms with Gasteiger partial charge in [-0.25, -0.2) is 0 Å². The van der Waals surface area contributed by atoms with Gasteiger partial charge in [-0.3, -0.25) is 0 Å². The van der Waals surface area contributed by atoms with Crippen molar-refractivity contribution >= 4 is 12.6 Å². The van der Waals surface area contributed by atoms with Gasteiger partial charge in [0.25, 0.3) is 0 Å². The van der Waals surface area contributed by atoms with Crippen molar-refractivity contribution in [3.05, 3.63) is 71.8 Å². The summed E-state index contributed by atoms with van der Waals surface area (Å²) >= 11 is 4.52. The molecule has 0 saturated carbocycles. The molecular weight excluding hydrogens is 264 g/mol. The van der Waals surface area contributed by atoms with E-state index in [1.165, 1.54) is 11.1 Å². The highest BCUT2D eigenvalue weighted by atomic mass is 32.1. The van der Waals surface area contributed by atoms with Crippen molar-refractivity contribution in [1.82, 2.24) is 0 Å². The molecule has 1 fully saturated rings. The Morgan fingerprint density at radius 2 is 1.40 bits per heavy atom. The van der Waals surface area contributed by atoms with Gasteiger partial charge in [0.2, 0.25) is 0 Å². The van der Waals surface area contributed by atoms with Crippen molar-refractivity contribution in [2.24, 2.45) is 0 Å². The molecule has 1 aliphatic heterocycles. The Hall–Kier alpha value is -1.25. The van der Waals surface area contributed by atoms with Crippen LogP contribution >= 0.6 is 12.6 Å². The highest BCUT2D eigenvalue weighted by molar-refractivity contribution is 7.81. The lowest BCUT2D eigenvalue weighted by Gasteiger charge is -2.33. The van der Waals surface area contributed by atoms with Crippen LogP contribution in [-0.4, -0.2) is 18.0 Å². The van der Waals surface area contributed by atoms with Gasteiger partial charge in [-0.15, -0.1) is 0 Å². The first kappa shape index (κ1) is 13.7. The molecule has 2 unspecified atom stereocenters. The number of ether oxygens (including phenoxy) is 1. The summed E-state index contributed by atoms with van der Waals surface area (Å²) in [4.78, 5) is 0. The summed E-state index contributed by atoms with van der Waals surface area (Å²) in [7, 11) is 0. The smallest absolute Gasteiger partial charge is 0.0685 e. The molecule has 1 aliphatic rings. The largest absolute Gasteiger partial charge is 0.376 e. The van der Waals surface area contributed by atoms with E-state index in [2.05, 4.69) is 73.3 Å². The third-order valence-electron chi connectivity index (χ3n) is 3.98. The van der Waals surface area contributed by atoms with Gasteiger partial charge in [-0.1, -0.05) is 60.7 Å². The van der Waals surface area contributed by atoms with Gasteiger partial charge in [0.05, 0.1) is 12.7 Å². The van der Waals surface area contributed by atoms with Crippen LogP contribution in [0.25, 0.3) is 0 Å². The number of rotatable bonds is 3. The van der Waals surface area contributed by atoms with Crippen LogP contribution in [0, 0.1) is 0 Å². The van der Waals surface area contributed by atoms with Crippen molar-refractivity contribution in [1.29, 1.82) is 0 Å². The zero-order valence-corrected chi connectivity index (χ0v) is 12.4. The molecular formula is C18H20OS. The molecule has 0 amide bonds. The fourth-order valence-corrected chi connectivity index (χ4v) is 3.20. The topological polar surface area (TPSA) is 9.23 Å². The second-order valence-electron chi connectivity index (χ2n) is 5.40. The summed E-state index contributed by atoms with van der Waals surface area (Å²) in [5, 5.41) is 0.387. The van der Waals surface area contributed by atoms with Crippen molar-refractivity contribution in [2.75, 3.05) is 6.61 Å². The van der Waals surface area contributed by atoms with E-state index in [-0.39, 0.29) is 6.10 Å². The van der Waals surface area contributed by atoms with Crippen LogP contribution in [0.4, 0.5) is 0 Å². The number of benzene rings is 2. The molecule has 2 aromatic rings. The van der Waals surface area contributed by atoms with E-state index in [4.69, 9.17) is 4.74 Å². The third kappa shape index (κ3) is 3.08. The Kier molecular flexibility index (Phi) is 4.44. The third-order valence-corrected chi connectivity index (χ3v) is 4.38. The summed E-state index contributed by atoms with van der Waals surface area (Å²) in [5.41, 5.74) is 2.67. The van der Waals surface area contributed by atoms with Gasteiger partial charge in [-0.05, 0) is 24.0 Å². The predicted octanol–water partition coefficient (Wildman–Crippen LogP) is 4.30. The minimum absolute atomic E-state index is 0.253. The number of hydrogen-bond donors (Lipinski definition) is 1. The van der Waals surface area contributed by atoms with Crippen molar-refractivity contribution in [3.8, 4) is 0 Å². The highest BCUT2D eigenvalue weighted by Gasteiger charge is 2.29. The first-order valence-electron chi connectivity index (χ1n) is 7.24. The molecule has 3 rings (SSSR count). The Balaban J connectivity index is 1.92. The van der Waals surface area contributed by atoms with E-state index >= 15 is 0 Å². The van der Waals surface area contributed by atoms with Crippen LogP contribution in [0.5, 0.6) is 0 Å². The van der Waals surface area contributed by atoms with Crippen LogP contribution in [0.2, 0.25) is 0 Å². The molecule has 104 valence electrons. The highest BCUT2D eigenvalue weighted by Crippen LogP contribution is 2.34. The molecule has 20 heavy (non-hydrogen) atoms. The molecule has 0 radical (unpaired) electrons. The summed E-state index contributed by atoms with van der Waals surface area (Å²) in [6.07, 6.45) is 2.45. The van der Waals surface area contributed by atoms with Crippen LogP contribution < -0.4 is 0 Å². The molecule has 0 spiro atoms. The van der Waals surface area contributed by atoms with Crippen LogP contribution in [-0.2, 0) is 4.74 Å². The summed E-state index contributed by atoms with van der Waals surface area (Å²) in [5.74, 6) is 0.318. The molecule has 0 bridgehead atoms. The standard InChI is InChI=1S/C18H20OS/c20-16-11-12-17(19-13-16)18(14-7-3-1-4-8-14)15-9-5-2-6-10-15/h1-10,16-18,20H,11-13H2. The maximum Gasteiger partial charge on any atom is 0.0685 e. The quantitative estimate of drug-likeness (QED) is 0.827. The van der Waals surface area contributed by atoms with Crippen LogP contribution in [0.15, 0.2) is 60.7 Å². The fraction of sp³-hybridized carbons (Fsp3) is 0.333. The zero-order chi connectivity index (χ0) is 13.8. The summed E-state index contributed by atoms with van der Waals surface area (Å²) < 4.78 is 6.08. The Morgan fingerprint density at radius 1 is 0.850 bits per heavy atom. The Bertz CT molecular complexity index is 478. The Morgan fingerprint density at radius 3 is 1.85 bits per heavy atom. The molecule has 1 nitrogen and oxygen atoms in total. The number of thiol groups is 1. The van der Waals surface area contributed by atoms with Crippen molar-refractivity contribution in [2.45, 2.75) is 30.1 Å². The maximum atomic E-state index is 6.08. The lowest BCUT2D eigenvalue weighted by molar-refractivity contribution is 0.0102. The van der Waals surface area contributed by atoms with Crippen molar-refractivity contribution in [3.63, 3.8) is 0 Å². The van der Waals surface area contributed by atoms with E-state index in [0.717, 1.165) is 19.4 Å². The normalized spacial score (nSPS) is 22.9. The van der Waals surface area contributed by atoms with Gasteiger partial charge >= 0.3 is 0 Å². The van der Waals surface area contributed by atoms with Crippen LogP contribution in [0.1, 0.15) is 29.9 Å². The number of hydrogen-bond acceptors (Lipinski definition) is 2. The molecule has 2 atom stereocenters. The maximum absolute atomic E-state index is 6.08. The predicted molar refractivity (Wildman–Crippen MR) is 86.5 cm³/mol. The van der Waals surface area contributed by atoms with Crippen LogP contribution in [0.3, 0.4) is 0 Å². The minimum Gasteiger partial charge on any atom is -0.376 e. The second-order valence-corrected chi connectivity index (χ2v) is 6.13. The van der Waals surface area contributed by atoms with E-state index in [1.54, 1.807) is 0 Å². The zero-order valence-electron chi connectivity index (χ0n) is 11.5. The SMILES string of the molecule is SC1CCC(C(c2ccccc2)c2ccccc2)OC1. The van der Waals surface area contributed by atoms with Gasteiger partial charge in [0.15, 0.2) is 0 Å². The second kappa shape index (κ2) is 6.47. The van der Waals surface area contributed by atoms with E-state index < -0.39 is 0 Å². The molecule has 1 saturated heterocycles. The summed E-state index contributed by atoms with van der Waals surface area (Å²) in [6, 6.07) is 21.4.